The Kier molecular flexibility index (Phi) is 5.38. The summed E-state index contributed by atoms with van der Waals surface area (Å²) >= 11 is 1.84. The average molecular weight is 382 g/mol. The van der Waals surface area contributed by atoms with Crippen molar-refractivity contribution < 1.29 is 9.16 Å². The smallest absolute Gasteiger partial charge is 0.172 e. The van der Waals surface area contributed by atoms with Crippen LogP contribution in [0.5, 0.6) is 0 Å². The van der Waals surface area contributed by atoms with Gasteiger partial charge in [-0.2, -0.15) is 0 Å². The number of hydrogen-bond acceptors (Lipinski definition) is 7. The maximum Gasteiger partial charge on any atom is 0.172 e. The third-order valence-electron chi connectivity index (χ3n) is 4.35. The Bertz CT molecular complexity index is 733. The van der Waals surface area contributed by atoms with E-state index in [9.17, 15) is 0 Å². The second kappa shape index (κ2) is 7.22. The molecule has 1 fully saturated rings. The topological polar surface area (TPSA) is 88.1 Å². The maximum atomic E-state index is 6.26. The van der Waals surface area contributed by atoms with Gasteiger partial charge in [-0.1, -0.05) is 20.8 Å². The second-order valence-electron chi connectivity index (χ2n) is 7.76. The van der Waals surface area contributed by atoms with Gasteiger partial charge in [-0.05, 0) is 18.5 Å². The molecule has 9 heteroatoms. The predicted molar refractivity (Wildman–Crippen MR) is 104 cm³/mol. The Labute approximate surface area is 154 Å². The Morgan fingerprint density at radius 3 is 2.76 bits per heavy atom. The van der Waals surface area contributed by atoms with Gasteiger partial charge in [0, 0.05) is 11.7 Å². The molecular formula is C16H27N5O2SSi. The first-order chi connectivity index (χ1) is 11.8. The van der Waals surface area contributed by atoms with E-state index >= 15 is 0 Å². The largest absolute Gasteiger partial charge is 0.412 e. The molecule has 3 heterocycles. The Hall–Kier alpha value is -1.16. The summed E-state index contributed by atoms with van der Waals surface area (Å²) in [7, 11) is -0.976. The van der Waals surface area contributed by atoms with Crippen LogP contribution in [0.3, 0.4) is 0 Å². The summed E-state index contributed by atoms with van der Waals surface area (Å²) in [6.45, 7) is 11.0. The van der Waals surface area contributed by atoms with Crippen molar-refractivity contribution >= 4 is 37.8 Å². The Balaban J connectivity index is 1.78. The number of nitrogens with two attached hydrogens (primary N) is 1. The zero-order valence-corrected chi connectivity index (χ0v) is 17.4. The number of rotatable bonds is 6. The van der Waals surface area contributed by atoms with Gasteiger partial charge in [-0.15, -0.1) is 11.8 Å². The SMILES string of the molecule is C[SiH](C)OCSC[C@H]1[C@H](n2cnc3c(N)ncnc32)O[C@@H]1C(C)(C)C. The number of anilines is 1. The average Bonchev–Trinajstić information content (AvgIpc) is 2.89. The van der Waals surface area contributed by atoms with Gasteiger partial charge in [-0.25, -0.2) is 15.0 Å². The van der Waals surface area contributed by atoms with Gasteiger partial charge in [0.05, 0.1) is 18.4 Å². The van der Waals surface area contributed by atoms with Crippen molar-refractivity contribution in [1.29, 1.82) is 0 Å². The number of ether oxygens (including phenoxy) is 1. The number of hydrogen-bond donors (Lipinski definition) is 1. The van der Waals surface area contributed by atoms with Gasteiger partial charge in [-0.3, -0.25) is 4.57 Å². The van der Waals surface area contributed by atoms with E-state index in [2.05, 4.69) is 48.8 Å². The van der Waals surface area contributed by atoms with Gasteiger partial charge in [0.25, 0.3) is 0 Å². The van der Waals surface area contributed by atoms with Gasteiger partial charge >= 0.3 is 0 Å². The summed E-state index contributed by atoms with van der Waals surface area (Å²) in [6.07, 6.45) is 3.35. The summed E-state index contributed by atoms with van der Waals surface area (Å²) in [6, 6.07) is 0. The van der Waals surface area contributed by atoms with Crippen molar-refractivity contribution in [3.8, 4) is 0 Å². The van der Waals surface area contributed by atoms with Crippen LogP contribution >= 0.6 is 11.8 Å². The summed E-state index contributed by atoms with van der Waals surface area (Å²) in [5, 5.41) is 0. The van der Waals surface area contributed by atoms with Crippen LogP contribution in [0.15, 0.2) is 12.7 Å². The van der Waals surface area contributed by atoms with E-state index in [-0.39, 0.29) is 17.7 Å². The first-order valence-electron chi connectivity index (χ1n) is 8.57. The summed E-state index contributed by atoms with van der Waals surface area (Å²) < 4.78 is 14.0. The van der Waals surface area contributed by atoms with Gasteiger partial charge in [0.2, 0.25) is 0 Å². The molecule has 0 amide bonds. The Morgan fingerprint density at radius 2 is 2.08 bits per heavy atom. The molecule has 25 heavy (non-hydrogen) atoms. The molecule has 0 saturated carbocycles. The van der Waals surface area contributed by atoms with E-state index in [1.165, 1.54) is 6.33 Å². The monoisotopic (exact) mass is 381 g/mol. The molecule has 0 unspecified atom stereocenters. The molecule has 2 aromatic heterocycles. The molecule has 0 bridgehead atoms. The van der Waals surface area contributed by atoms with E-state index in [4.69, 9.17) is 14.9 Å². The lowest BCUT2D eigenvalue weighted by molar-refractivity contribution is -0.249. The van der Waals surface area contributed by atoms with Crippen molar-refractivity contribution in [2.24, 2.45) is 11.3 Å². The molecule has 1 aliphatic heterocycles. The fourth-order valence-corrected chi connectivity index (χ4v) is 5.31. The molecule has 1 saturated heterocycles. The molecule has 7 nitrogen and oxygen atoms in total. The standard InChI is InChI=1S/C16H27N5O2SSi/c1-16(2,3)12-10(6-24-9-22-25(4)5)15(23-12)21-8-20-11-13(17)18-7-19-14(11)21/h7-8,10,12,15,25H,6,9H2,1-5H3,(H2,17,18,19)/t10-,12+,15-/m1/s1. The lowest BCUT2D eigenvalue weighted by Gasteiger charge is -2.51. The molecule has 0 aliphatic carbocycles. The fourth-order valence-electron chi connectivity index (χ4n) is 3.12. The van der Waals surface area contributed by atoms with E-state index < -0.39 is 9.04 Å². The summed E-state index contributed by atoms with van der Waals surface area (Å²) in [5.74, 6) is 2.50. The van der Waals surface area contributed by atoms with E-state index in [0.29, 0.717) is 17.3 Å². The quantitative estimate of drug-likeness (QED) is 0.467. The van der Waals surface area contributed by atoms with Crippen molar-refractivity contribution in [2.75, 3.05) is 17.4 Å². The molecular weight excluding hydrogens is 354 g/mol. The molecule has 1 aliphatic rings. The number of aromatic nitrogens is 4. The lowest BCUT2D eigenvalue weighted by atomic mass is 9.77. The third kappa shape index (κ3) is 3.84. The normalized spacial score (nSPS) is 24.0. The van der Waals surface area contributed by atoms with Crippen molar-refractivity contribution in [1.82, 2.24) is 19.5 Å². The van der Waals surface area contributed by atoms with Crippen molar-refractivity contribution in [2.45, 2.75) is 46.2 Å². The molecule has 2 aromatic rings. The van der Waals surface area contributed by atoms with Gasteiger partial charge < -0.3 is 14.9 Å². The van der Waals surface area contributed by atoms with Crippen LogP contribution < -0.4 is 5.73 Å². The van der Waals surface area contributed by atoms with Gasteiger partial charge in [0.15, 0.2) is 20.5 Å². The third-order valence-corrected chi connectivity index (χ3v) is 6.35. The highest BCUT2D eigenvalue weighted by molar-refractivity contribution is 7.99. The van der Waals surface area contributed by atoms with E-state index in [1.54, 1.807) is 6.33 Å². The van der Waals surface area contributed by atoms with E-state index in [1.807, 2.05) is 16.3 Å². The van der Waals surface area contributed by atoms with Crippen molar-refractivity contribution in [3.63, 3.8) is 0 Å². The molecule has 0 radical (unpaired) electrons. The molecule has 2 N–H and O–H groups in total. The van der Waals surface area contributed by atoms with Gasteiger partial charge in [0.1, 0.15) is 18.1 Å². The van der Waals surface area contributed by atoms with Crippen LogP contribution in [-0.4, -0.2) is 46.4 Å². The highest BCUT2D eigenvalue weighted by Gasteiger charge is 2.49. The van der Waals surface area contributed by atoms with Crippen LogP contribution in [0.25, 0.3) is 11.2 Å². The number of fused-ring (bicyclic) bond motifs is 1. The first kappa shape index (κ1) is 18.6. The Morgan fingerprint density at radius 1 is 1.32 bits per heavy atom. The number of nitrogen functional groups attached to an aromatic ring is 1. The maximum absolute atomic E-state index is 6.26. The van der Waals surface area contributed by atoms with Crippen LogP contribution in [0.4, 0.5) is 5.82 Å². The zero-order chi connectivity index (χ0) is 18.2. The minimum absolute atomic E-state index is 0.0766. The van der Waals surface area contributed by atoms with Crippen LogP contribution in [0, 0.1) is 11.3 Å². The minimum Gasteiger partial charge on any atom is -0.412 e. The molecule has 3 atom stereocenters. The highest BCUT2D eigenvalue weighted by Crippen LogP contribution is 2.47. The van der Waals surface area contributed by atoms with Crippen molar-refractivity contribution in [3.05, 3.63) is 12.7 Å². The summed E-state index contributed by atoms with van der Waals surface area (Å²) in [5.41, 5.74) is 7.34. The first-order valence-corrected chi connectivity index (χ1v) is 12.5. The number of nitrogens with zero attached hydrogens (tertiary/aromatic N) is 4. The van der Waals surface area contributed by atoms with Crippen LogP contribution in [-0.2, 0) is 9.16 Å². The van der Waals surface area contributed by atoms with Crippen LogP contribution in [0.1, 0.15) is 27.0 Å². The zero-order valence-electron chi connectivity index (χ0n) is 15.5. The lowest BCUT2D eigenvalue weighted by Crippen LogP contribution is -2.53. The van der Waals surface area contributed by atoms with Crippen LogP contribution in [0.2, 0.25) is 13.1 Å². The number of thioether (sulfide) groups is 1. The molecule has 0 spiro atoms. The molecule has 138 valence electrons. The predicted octanol–water partition coefficient (Wildman–Crippen LogP) is 2.66. The molecule has 0 aromatic carbocycles. The second-order valence-corrected chi connectivity index (χ2v) is 11.2. The minimum atomic E-state index is -0.976. The highest BCUT2D eigenvalue weighted by atomic mass is 32.2. The van der Waals surface area contributed by atoms with E-state index in [0.717, 1.165) is 17.3 Å². The number of imidazole rings is 1. The fraction of sp³-hybridized carbons (Fsp3) is 0.688. The summed E-state index contributed by atoms with van der Waals surface area (Å²) in [4.78, 5) is 12.7. The molecule has 3 rings (SSSR count).